The molecule has 6 saturated heterocycles. The van der Waals surface area contributed by atoms with E-state index in [2.05, 4.69) is 228 Å². The third-order valence-electron chi connectivity index (χ3n) is 16.3. The zero-order valence-electron chi connectivity index (χ0n) is 52.1. The minimum Gasteiger partial charge on any atom is -0.295 e. The summed E-state index contributed by atoms with van der Waals surface area (Å²) < 4.78 is 0. The Morgan fingerprint density at radius 1 is 0.389 bits per heavy atom. The van der Waals surface area contributed by atoms with Crippen LogP contribution < -0.4 is 0 Å². The molecule has 7 aliphatic rings. The van der Waals surface area contributed by atoms with Crippen LogP contribution in [0.15, 0.2) is 72.9 Å². The molecule has 0 aromatic carbocycles. The first-order valence-corrected chi connectivity index (χ1v) is 28.4. The standard InChI is InChI=1S/C13H25N.C11H19N.2C11H21N.C10H19N.C9H17N.CH4/c1-10-8-9-14(13(5,6)7)11(10)12(2,3)4;1-9-7-12(10(2,3)4)8-11(9)5-6-11;1-9-7-12(10(2,3)4)8-11(9,5)6;1-10-7-5-6-8-12(9-10)11(2,3)4;1-9-6-5-7-11(8-9)10(2,3)4;1-8-5-6-10(7-8)9(2,3)4;/h11H,1,8-9H2,2-7H3;1,5-8H2,2-4H3;1,7-8H2,2-6H3;1,5-9H2,2-4H3;1,5-8H2,2-4H3;1,5-7H2,2-4H3;1H4. The molecule has 1 atom stereocenters. The Morgan fingerprint density at radius 3 is 1.04 bits per heavy atom. The van der Waals surface area contributed by atoms with Gasteiger partial charge in [-0.1, -0.05) is 115 Å². The van der Waals surface area contributed by atoms with Crippen molar-refractivity contribution >= 4 is 0 Å². The van der Waals surface area contributed by atoms with Gasteiger partial charge in [0.2, 0.25) is 0 Å². The SMILES string of the molecule is C.C=C1CCCCN(C(C)(C)C)C1.C=C1CCCN(C(C)(C)C)C1.C=C1CCN(C(C)(C)C)C1.C=C1CCN(C(C)(C)C)C1C(C)(C)C.C=C1CN(C(C)(C)C)CC1(C)C.C=C1CN(C(C)(C)C)CC12CC2. The molecule has 0 bridgehead atoms. The zero-order valence-corrected chi connectivity index (χ0v) is 52.1. The van der Waals surface area contributed by atoms with Crippen molar-refractivity contribution in [1.29, 1.82) is 0 Å². The second-order valence-corrected chi connectivity index (χ2v) is 30.8. The maximum atomic E-state index is 4.22. The van der Waals surface area contributed by atoms with Crippen molar-refractivity contribution < 1.29 is 0 Å². The molecule has 0 aromatic heterocycles. The van der Waals surface area contributed by atoms with Gasteiger partial charge in [-0.15, -0.1) is 0 Å². The van der Waals surface area contributed by atoms with Crippen LogP contribution in [0.4, 0.5) is 0 Å². The van der Waals surface area contributed by atoms with Crippen LogP contribution in [0.5, 0.6) is 0 Å². The number of likely N-dealkylation sites (tertiary alicyclic amines) is 6. The fourth-order valence-corrected chi connectivity index (χ4v) is 10.7. The number of piperidine rings is 1. The van der Waals surface area contributed by atoms with Gasteiger partial charge in [0.25, 0.3) is 0 Å². The van der Waals surface area contributed by atoms with Crippen LogP contribution in [-0.2, 0) is 0 Å². The van der Waals surface area contributed by atoms with Crippen LogP contribution in [-0.4, -0.2) is 141 Å². The highest BCUT2D eigenvalue weighted by atomic mass is 15.3. The lowest BCUT2D eigenvalue weighted by Gasteiger charge is -2.43. The largest absolute Gasteiger partial charge is 0.295 e. The van der Waals surface area contributed by atoms with Crippen molar-refractivity contribution in [3.05, 3.63) is 72.9 Å². The minimum atomic E-state index is 0. The first-order valence-electron chi connectivity index (χ1n) is 28.4. The van der Waals surface area contributed by atoms with Crippen LogP contribution >= 0.6 is 0 Å². The third-order valence-corrected chi connectivity index (χ3v) is 16.3. The summed E-state index contributed by atoms with van der Waals surface area (Å²) in [5.41, 5.74) is 11.5. The molecular formula is C66H126N6. The van der Waals surface area contributed by atoms with Crippen molar-refractivity contribution in [3.8, 4) is 0 Å². The first-order chi connectivity index (χ1) is 31.8. The van der Waals surface area contributed by atoms with Gasteiger partial charge in [-0.2, -0.15) is 0 Å². The van der Waals surface area contributed by atoms with Gasteiger partial charge >= 0.3 is 0 Å². The molecule has 6 heterocycles. The molecule has 1 spiro atoms. The molecular weight excluding hydrogens is 877 g/mol. The number of hydrogen-bond donors (Lipinski definition) is 0. The molecule has 0 radical (unpaired) electrons. The second kappa shape index (κ2) is 26.0. The summed E-state index contributed by atoms with van der Waals surface area (Å²) in [5, 5.41) is 0. The molecule has 6 aliphatic heterocycles. The minimum absolute atomic E-state index is 0. The topological polar surface area (TPSA) is 19.4 Å². The Hall–Kier alpha value is -1.80. The van der Waals surface area contributed by atoms with E-state index in [-0.39, 0.29) is 18.5 Å². The van der Waals surface area contributed by atoms with Crippen LogP contribution in [0.3, 0.4) is 0 Å². The molecule has 1 aliphatic carbocycles. The lowest BCUT2D eigenvalue weighted by atomic mass is 9.82. The van der Waals surface area contributed by atoms with E-state index < -0.39 is 0 Å². The highest BCUT2D eigenvalue weighted by Crippen LogP contribution is 2.56. The van der Waals surface area contributed by atoms with E-state index >= 15 is 0 Å². The van der Waals surface area contributed by atoms with Crippen molar-refractivity contribution in [2.45, 2.75) is 264 Å². The van der Waals surface area contributed by atoms with E-state index in [0.29, 0.717) is 44.4 Å². The Labute approximate surface area is 452 Å². The highest BCUT2D eigenvalue weighted by molar-refractivity contribution is 5.27. The maximum Gasteiger partial charge on any atom is 0.0359 e. The fraction of sp³-hybridized carbons (Fsp3) is 0.818. The van der Waals surface area contributed by atoms with Gasteiger partial charge < -0.3 is 0 Å². The van der Waals surface area contributed by atoms with Gasteiger partial charge in [0.15, 0.2) is 0 Å². The summed E-state index contributed by atoms with van der Waals surface area (Å²) in [6.07, 6.45) is 11.5. The van der Waals surface area contributed by atoms with Crippen LogP contribution in [0.25, 0.3) is 0 Å². The summed E-state index contributed by atoms with van der Waals surface area (Å²) in [4.78, 5) is 15.1. The average molecular weight is 1000 g/mol. The van der Waals surface area contributed by atoms with Gasteiger partial charge in [-0.25, -0.2) is 0 Å². The molecule has 420 valence electrons. The lowest BCUT2D eigenvalue weighted by molar-refractivity contribution is 0.0715. The molecule has 0 amide bonds. The smallest absolute Gasteiger partial charge is 0.0359 e. The van der Waals surface area contributed by atoms with Gasteiger partial charge in [0, 0.05) is 104 Å². The normalized spacial score (nSPS) is 24.1. The summed E-state index contributed by atoms with van der Waals surface area (Å²) in [6.45, 7) is 89.9. The van der Waals surface area contributed by atoms with Crippen LogP contribution in [0.1, 0.15) is 224 Å². The molecule has 0 aromatic rings. The quantitative estimate of drug-likeness (QED) is 0.224. The predicted octanol–water partition coefficient (Wildman–Crippen LogP) is 16.5. The molecule has 1 unspecified atom stereocenters. The molecule has 1 saturated carbocycles. The lowest BCUT2D eigenvalue weighted by Crippen LogP contribution is -2.49. The molecule has 72 heavy (non-hydrogen) atoms. The Kier molecular flexibility index (Phi) is 24.7. The molecule has 7 fully saturated rings. The number of rotatable bonds is 0. The van der Waals surface area contributed by atoms with Crippen LogP contribution in [0.2, 0.25) is 0 Å². The molecule has 6 nitrogen and oxygen atoms in total. The first kappa shape index (κ1) is 68.2. The second-order valence-electron chi connectivity index (χ2n) is 30.8. The third kappa shape index (κ3) is 22.0. The van der Waals surface area contributed by atoms with E-state index in [9.17, 15) is 0 Å². The van der Waals surface area contributed by atoms with E-state index in [1.54, 1.807) is 0 Å². The average Bonchev–Trinajstić information content (AvgIpc) is 3.34. The van der Waals surface area contributed by atoms with E-state index in [0.717, 1.165) is 39.3 Å². The van der Waals surface area contributed by atoms with E-state index in [1.165, 1.54) is 124 Å². The van der Waals surface area contributed by atoms with Crippen molar-refractivity contribution in [3.63, 3.8) is 0 Å². The molecule has 6 heteroatoms. The Balaban J connectivity index is 0.000000432. The fourth-order valence-electron chi connectivity index (χ4n) is 10.7. The Bertz CT molecular complexity index is 1720. The summed E-state index contributed by atoms with van der Waals surface area (Å²) in [6, 6.07) is 0.544. The highest BCUT2D eigenvalue weighted by Gasteiger charge is 2.52. The molecule has 7 rings (SSSR count). The van der Waals surface area contributed by atoms with Gasteiger partial charge in [-0.3, -0.25) is 29.4 Å². The van der Waals surface area contributed by atoms with Gasteiger partial charge in [-0.05, 0) is 206 Å². The number of hydrogen-bond acceptors (Lipinski definition) is 6. The monoisotopic (exact) mass is 1000 g/mol. The summed E-state index contributed by atoms with van der Waals surface area (Å²) >= 11 is 0. The van der Waals surface area contributed by atoms with Crippen molar-refractivity contribution in [2.24, 2.45) is 16.2 Å². The zero-order chi connectivity index (χ0) is 55.1. The summed E-state index contributed by atoms with van der Waals surface area (Å²) in [5.74, 6) is 0. The van der Waals surface area contributed by atoms with Crippen molar-refractivity contribution in [2.75, 3.05) is 72.0 Å². The van der Waals surface area contributed by atoms with Crippen LogP contribution in [0, 0.1) is 16.2 Å². The summed E-state index contributed by atoms with van der Waals surface area (Å²) in [7, 11) is 0. The molecule has 0 N–H and O–H groups in total. The number of nitrogens with zero attached hydrogens (tertiary/aromatic N) is 6. The van der Waals surface area contributed by atoms with E-state index in [1.807, 2.05) is 0 Å². The predicted molar refractivity (Wildman–Crippen MR) is 326 cm³/mol. The van der Waals surface area contributed by atoms with E-state index in [4.69, 9.17) is 0 Å². The maximum absolute atomic E-state index is 4.22. The van der Waals surface area contributed by atoms with Gasteiger partial charge in [0.1, 0.15) is 0 Å². The van der Waals surface area contributed by atoms with Gasteiger partial charge in [0.05, 0.1) is 0 Å². The van der Waals surface area contributed by atoms with Crippen molar-refractivity contribution in [1.82, 2.24) is 29.4 Å². The Morgan fingerprint density at radius 2 is 0.764 bits per heavy atom.